The maximum absolute atomic E-state index is 12.7. The van der Waals surface area contributed by atoms with Gasteiger partial charge in [-0.1, -0.05) is 19.1 Å². The zero-order valence-electron chi connectivity index (χ0n) is 12.2. The number of nitrogens with zero attached hydrogens (tertiary/aromatic N) is 1. The number of alkyl halides is 3. The summed E-state index contributed by atoms with van der Waals surface area (Å²) in [4.78, 5) is 4.04. The van der Waals surface area contributed by atoms with Crippen molar-refractivity contribution in [3.8, 4) is 0 Å². The molecule has 2 aromatic rings. The first-order valence-corrected chi connectivity index (χ1v) is 6.82. The third-order valence-electron chi connectivity index (χ3n) is 3.80. The summed E-state index contributed by atoms with van der Waals surface area (Å²) in [7, 11) is 0. The van der Waals surface area contributed by atoms with Crippen molar-refractivity contribution in [3.63, 3.8) is 0 Å². The summed E-state index contributed by atoms with van der Waals surface area (Å²) in [6.45, 7) is 2.15. The summed E-state index contributed by atoms with van der Waals surface area (Å²) in [5, 5.41) is 0. The highest BCUT2D eigenvalue weighted by molar-refractivity contribution is 5.54. The van der Waals surface area contributed by atoms with Crippen LogP contribution < -0.4 is 11.5 Å². The fourth-order valence-corrected chi connectivity index (χ4v) is 2.52. The largest absolute Gasteiger partial charge is 0.416 e. The van der Waals surface area contributed by atoms with Gasteiger partial charge in [0.25, 0.3) is 0 Å². The molecule has 0 aliphatic carbocycles. The number of rotatable bonds is 4. The van der Waals surface area contributed by atoms with E-state index in [0.29, 0.717) is 12.0 Å². The Bertz CT molecular complexity index is 641. The third kappa shape index (κ3) is 3.39. The first-order chi connectivity index (χ1) is 10.3. The molecule has 1 aromatic heterocycles. The normalized spacial score (nSPS) is 14.6. The Balaban J connectivity index is 2.38. The molecule has 0 radical (unpaired) electrons. The second-order valence-electron chi connectivity index (χ2n) is 5.60. The van der Waals surface area contributed by atoms with E-state index in [4.69, 9.17) is 11.5 Å². The monoisotopic (exact) mass is 309 g/mol. The molecule has 1 unspecified atom stereocenters. The van der Waals surface area contributed by atoms with Crippen molar-refractivity contribution < 1.29 is 13.2 Å². The van der Waals surface area contributed by atoms with Crippen LogP contribution in [0.4, 0.5) is 18.9 Å². The van der Waals surface area contributed by atoms with E-state index in [0.717, 1.165) is 17.7 Å². The fourth-order valence-electron chi connectivity index (χ4n) is 2.52. The molecule has 0 saturated carbocycles. The number of benzene rings is 1. The summed E-state index contributed by atoms with van der Waals surface area (Å²) >= 11 is 0. The molecule has 2 rings (SSSR count). The van der Waals surface area contributed by atoms with E-state index >= 15 is 0 Å². The van der Waals surface area contributed by atoms with Crippen molar-refractivity contribution in [1.29, 1.82) is 0 Å². The Kier molecular flexibility index (Phi) is 4.42. The van der Waals surface area contributed by atoms with E-state index in [9.17, 15) is 13.2 Å². The number of hydrogen-bond donors (Lipinski definition) is 2. The number of aromatic nitrogens is 1. The smallest absolute Gasteiger partial charge is 0.398 e. The lowest BCUT2D eigenvalue weighted by Gasteiger charge is -2.30. The predicted molar refractivity (Wildman–Crippen MR) is 80.2 cm³/mol. The minimum absolute atomic E-state index is 0.103. The Labute approximate surface area is 127 Å². The maximum atomic E-state index is 12.7. The van der Waals surface area contributed by atoms with Gasteiger partial charge >= 0.3 is 6.18 Å². The van der Waals surface area contributed by atoms with Crippen LogP contribution in [-0.2, 0) is 18.0 Å². The highest BCUT2D eigenvalue weighted by Crippen LogP contribution is 2.36. The van der Waals surface area contributed by atoms with Gasteiger partial charge in [0.2, 0.25) is 0 Å². The number of anilines is 1. The minimum Gasteiger partial charge on any atom is -0.398 e. The topological polar surface area (TPSA) is 64.9 Å². The van der Waals surface area contributed by atoms with E-state index < -0.39 is 17.2 Å². The molecule has 0 bridgehead atoms. The zero-order chi connectivity index (χ0) is 16.4. The van der Waals surface area contributed by atoms with Gasteiger partial charge in [-0.15, -0.1) is 0 Å². The van der Waals surface area contributed by atoms with Gasteiger partial charge in [0.1, 0.15) is 0 Å². The molecule has 1 aromatic carbocycles. The Hall–Kier alpha value is -2.08. The van der Waals surface area contributed by atoms with E-state index in [1.165, 1.54) is 6.07 Å². The molecule has 0 aliphatic rings. The molecule has 0 saturated heterocycles. The van der Waals surface area contributed by atoms with Crippen LogP contribution in [0.5, 0.6) is 0 Å². The van der Waals surface area contributed by atoms with Crippen LogP contribution in [0.15, 0.2) is 42.7 Å². The van der Waals surface area contributed by atoms with Gasteiger partial charge in [-0.3, -0.25) is 4.98 Å². The van der Waals surface area contributed by atoms with Crippen LogP contribution >= 0.6 is 0 Å². The summed E-state index contributed by atoms with van der Waals surface area (Å²) in [6.07, 6.45) is -0.480. The highest BCUT2D eigenvalue weighted by Gasteiger charge is 2.33. The third-order valence-corrected chi connectivity index (χ3v) is 3.80. The average Bonchev–Trinajstić information content (AvgIpc) is 2.47. The first kappa shape index (κ1) is 16.3. The van der Waals surface area contributed by atoms with Crippen molar-refractivity contribution in [2.75, 3.05) is 12.3 Å². The van der Waals surface area contributed by atoms with Gasteiger partial charge in [-0.25, -0.2) is 0 Å². The molecule has 22 heavy (non-hydrogen) atoms. The highest BCUT2D eigenvalue weighted by atomic mass is 19.4. The van der Waals surface area contributed by atoms with Crippen LogP contribution in [0.25, 0.3) is 0 Å². The van der Waals surface area contributed by atoms with Gasteiger partial charge in [-0.2, -0.15) is 13.2 Å². The van der Waals surface area contributed by atoms with Crippen molar-refractivity contribution in [2.24, 2.45) is 5.73 Å². The number of pyridine rings is 1. The van der Waals surface area contributed by atoms with E-state index in [1.54, 1.807) is 12.4 Å². The number of nitrogen functional groups attached to an aromatic ring is 1. The molecule has 0 spiro atoms. The molecule has 1 atom stereocenters. The van der Waals surface area contributed by atoms with Crippen LogP contribution in [0, 0.1) is 0 Å². The van der Waals surface area contributed by atoms with Crippen molar-refractivity contribution >= 4 is 5.69 Å². The lowest BCUT2D eigenvalue weighted by Crippen LogP contribution is -2.35. The quantitative estimate of drug-likeness (QED) is 0.853. The molecule has 0 fully saturated rings. The lowest BCUT2D eigenvalue weighted by atomic mass is 9.76. The van der Waals surface area contributed by atoms with Crippen LogP contribution in [-0.4, -0.2) is 11.5 Å². The molecule has 4 N–H and O–H groups in total. The number of halogens is 3. The molecule has 118 valence electrons. The molecule has 0 amide bonds. The number of nitrogens with two attached hydrogens (primary N) is 2. The van der Waals surface area contributed by atoms with Gasteiger partial charge in [0, 0.05) is 30.0 Å². The van der Waals surface area contributed by atoms with Gasteiger partial charge in [0.15, 0.2) is 0 Å². The molecule has 1 heterocycles. The van der Waals surface area contributed by atoms with E-state index in [-0.39, 0.29) is 12.2 Å². The molecule has 0 aliphatic heterocycles. The van der Waals surface area contributed by atoms with Gasteiger partial charge in [-0.05, 0) is 35.7 Å². The molecular formula is C16H18F3N3. The summed E-state index contributed by atoms with van der Waals surface area (Å²) in [5.41, 5.74) is 12.1. The fraction of sp³-hybridized carbons (Fsp3) is 0.312. The van der Waals surface area contributed by atoms with Gasteiger partial charge in [0.05, 0.1) is 5.56 Å². The molecular weight excluding hydrogens is 291 g/mol. The van der Waals surface area contributed by atoms with Crippen LogP contribution in [0.1, 0.15) is 23.6 Å². The number of hydrogen-bond acceptors (Lipinski definition) is 3. The Morgan fingerprint density at radius 1 is 1.18 bits per heavy atom. The van der Waals surface area contributed by atoms with Crippen molar-refractivity contribution in [2.45, 2.75) is 24.9 Å². The second kappa shape index (κ2) is 5.96. The van der Waals surface area contributed by atoms with Crippen molar-refractivity contribution in [1.82, 2.24) is 4.98 Å². The SMILES string of the molecule is CC(CN)(Cc1cccnc1)c1ccc(C(F)(F)F)cc1N. The van der Waals surface area contributed by atoms with Crippen LogP contribution in [0.3, 0.4) is 0 Å². The van der Waals surface area contributed by atoms with E-state index in [2.05, 4.69) is 4.98 Å². The minimum atomic E-state index is -4.41. The molecule has 3 nitrogen and oxygen atoms in total. The lowest BCUT2D eigenvalue weighted by molar-refractivity contribution is -0.137. The second-order valence-corrected chi connectivity index (χ2v) is 5.60. The zero-order valence-corrected chi connectivity index (χ0v) is 12.2. The summed E-state index contributed by atoms with van der Waals surface area (Å²) < 4.78 is 38.2. The summed E-state index contributed by atoms with van der Waals surface area (Å²) in [6, 6.07) is 7.14. The maximum Gasteiger partial charge on any atom is 0.416 e. The standard InChI is InChI=1S/C16H18F3N3/c1-15(10-20,8-11-3-2-6-22-9-11)13-5-4-12(7-14(13)21)16(17,18)19/h2-7,9H,8,10,20-21H2,1H3. The van der Waals surface area contributed by atoms with Gasteiger partial charge < -0.3 is 11.5 Å². The molecule has 6 heteroatoms. The van der Waals surface area contributed by atoms with Crippen molar-refractivity contribution in [3.05, 3.63) is 59.4 Å². The Morgan fingerprint density at radius 3 is 2.41 bits per heavy atom. The predicted octanol–water partition coefficient (Wildman–Crippen LogP) is 3.14. The Morgan fingerprint density at radius 2 is 1.91 bits per heavy atom. The first-order valence-electron chi connectivity index (χ1n) is 6.82. The average molecular weight is 309 g/mol. The van der Waals surface area contributed by atoms with E-state index in [1.807, 2.05) is 19.1 Å². The summed E-state index contributed by atoms with van der Waals surface area (Å²) in [5.74, 6) is 0. The van der Waals surface area contributed by atoms with Crippen LogP contribution in [0.2, 0.25) is 0 Å².